The molecule has 0 bridgehead atoms. The molecule has 0 saturated carbocycles. The molecule has 0 heterocycles. The zero-order valence-electron chi connectivity index (χ0n) is 10.7. The molecule has 1 unspecified atom stereocenters. The Bertz CT molecular complexity index is 443. The molecule has 1 nitrogen and oxygen atoms in total. The summed E-state index contributed by atoms with van der Waals surface area (Å²) in [5, 5.41) is 0. The maximum absolute atomic E-state index is 11.9. The molecule has 1 aromatic carbocycles. The van der Waals surface area contributed by atoms with Crippen molar-refractivity contribution in [1.82, 2.24) is 0 Å². The molecule has 0 radical (unpaired) electrons. The topological polar surface area (TPSA) is 17.1 Å². The van der Waals surface area contributed by atoms with Gasteiger partial charge < -0.3 is 0 Å². The Morgan fingerprint density at radius 3 is 3.00 bits per heavy atom. The number of rotatable bonds is 4. The monoisotopic (exact) mass is 228 g/mol. The van der Waals surface area contributed by atoms with Crippen LogP contribution in [0.2, 0.25) is 0 Å². The lowest BCUT2D eigenvalue weighted by Crippen LogP contribution is -2.02. The summed E-state index contributed by atoms with van der Waals surface area (Å²) in [4.78, 5) is 11.9. The molecule has 1 aliphatic rings. The summed E-state index contributed by atoms with van der Waals surface area (Å²) in [7, 11) is 0. The van der Waals surface area contributed by atoms with Gasteiger partial charge in [0, 0.05) is 11.5 Å². The van der Waals surface area contributed by atoms with Crippen LogP contribution in [0, 0.1) is 5.92 Å². The maximum atomic E-state index is 11.9. The minimum Gasteiger partial charge on any atom is -0.294 e. The van der Waals surface area contributed by atoms with E-state index in [1.54, 1.807) is 0 Å². The summed E-state index contributed by atoms with van der Waals surface area (Å²) in [6.07, 6.45) is 8.91. The highest BCUT2D eigenvalue weighted by Gasteiger charge is 2.27. The minimum atomic E-state index is 0.162. The number of benzene rings is 1. The van der Waals surface area contributed by atoms with Crippen molar-refractivity contribution in [1.29, 1.82) is 0 Å². The molecular formula is C16H20O. The quantitative estimate of drug-likeness (QED) is 0.703. The highest BCUT2D eigenvalue weighted by molar-refractivity contribution is 6.02. The van der Waals surface area contributed by atoms with Crippen molar-refractivity contribution in [3.63, 3.8) is 0 Å². The van der Waals surface area contributed by atoms with E-state index in [4.69, 9.17) is 0 Å². The standard InChI is InChI=1S/C16H20O/c1-3-4-5-6-8-13-9-7-10-14-15(13)11-12(2)16(14)17/h6-10,12H,3-5,11H2,1-2H3/b8-6+. The first-order valence-electron chi connectivity index (χ1n) is 6.56. The zero-order valence-corrected chi connectivity index (χ0v) is 10.7. The molecule has 0 fully saturated rings. The fraction of sp³-hybridized carbons (Fsp3) is 0.438. The molecule has 1 heteroatoms. The summed E-state index contributed by atoms with van der Waals surface area (Å²) >= 11 is 0. The number of Topliss-reactive ketones (excluding diaryl/α,β-unsaturated/α-hetero) is 1. The second kappa shape index (κ2) is 5.31. The van der Waals surface area contributed by atoms with Crippen molar-refractivity contribution >= 4 is 11.9 Å². The summed E-state index contributed by atoms with van der Waals surface area (Å²) in [5.41, 5.74) is 3.42. The Balaban J connectivity index is 2.21. The van der Waals surface area contributed by atoms with E-state index in [9.17, 15) is 4.79 Å². The van der Waals surface area contributed by atoms with Gasteiger partial charge >= 0.3 is 0 Å². The van der Waals surface area contributed by atoms with Gasteiger partial charge in [0.2, 0.25) is 0 Å². The van der Waals surface area contributed by atoms with Gasteiger partial charge in [-0.05, 0) is 24.0 Å². The van der Waals surface area contributed by atoms with Crippen LogP contribution >= 0.6 is 0 Å². The zero-order chi connectivity index (χ0) is 12.3. The molecule has 0 saturated heterocycles. The van der Waals surface area contributed by atoms with Crippen molar-refractivity contribution in [2.24, 2.45) is 5.92 Å². The molecule has 0 amide bonds. The summed E-state index contributed by atoms with van der Waals surface area (Å²) in [5.74, 6) is 0.471. The van der Waals surface area contributed by atoms with Crippen LogP contribution in [-0.4, -0.2) is 5.78 Å². The van der Waals surface area contributed by atoms with Crippen LogP contribution in [0.25, 0.3) is 6.08 Å². The van der Waals surface area contributed by atoms with Crippen LogP contribution in [-0.2, 0) is 6.42 Å². The summed E-state index contributed by atoms with van der Waals surface area (Å²) in [6, 6.07) is 6.07. The van der Waals surface area contributed by atoms with Crippen LogP contribution in [0.15, 0.2) is 24.3 Å². The van der Waals surface area contributed by atoms with Gasteiger partial charge in [0.15, 0.2) is 5.78 Å². The lowest BCUT2D eigenvalue weighted by Gasteiger charge is -2.02. The van der Waals surface area contributed by atoms with Crippen molar-refractivity contribution in [2.45, 2.75) is 39.5 Å². The fourth-order valence-electron chi connectivity index (χ4n) is 2.42. The van der Waals surface area contributed by atoms with E-state index in [-0.39, 0.29) is 5.92 Å². The second-order valence-electron chi connectivity index (χ2n) is 4.89. The third kappa shape index (κ3) is 2.49. The van der Waals surface area contributed by atoms with Crippen molar-refractivity contribution in [3.05, 3.63) is 41.0 Å². The molecule has 0 aliphatic heterocycles. The van der Waals surface area contributed by atoms with Gasteiger partial charge in [-0.3, -0.25) is 4.79 Å². The Morgan fingerprint density at radius 1 is 1.41 bits per heavy atom. The van der Waals surface area contributed by atoms with E-state index < -0.39 is 0 Å². The number of ketones is 1. The number of hydrogen-bond donors (Lipinski definition) is 0. The average molecular weight is 228 g/mol. The first kappa shape index (κ1) is 12.1. The van der Waals surface area contributed by atoms with E-state index in [1.165, 1.54) is 24.0 Å². The second-order valence-corrected chi connectivity index (χ2v) is 4.89. The lowest BCUT2D eigenvalue weighted by molar-refractivity contribution is 0.0946. The van der Waals surface area contributed by atoms with Gasteiger partial charge in [-0.2, -0.15) is 0 Å². The predicted molar refractivity (Wildman–Crippen MR) is 72.2 cm³/mol. The fourth-order valence-corrected chi connectivity index (χ4v) is 2.42. The Labute approximate surface area is 104 Å². The normalized spacial score (nSPS) is 18.9. The van der Waals surface area contributed by atoms with Crippen LogP contribution in [0.1, 0.15) is 54.6 Å². The highest BCUT2D eigenvalue weighted by Crippen LogP contribution is 2.29. The molecule has 0 aromatic heterocycles. The molecule has 1 atom stereocenters. The van der Waals surface area contributed by atoms with Crippen LogP contribution in [0.5, 0.6) is 0 Å². The van der Waals surface area contributed by atoms with Crippen LogP contribution in [0.3, 0.4) is 0 Å². The molecule has 17 heavy (non-hydrogen) atoms. The van der Waals surface area contributed by atoms with E-state index in [0.29, 0.717) is 5.78 Å². The SMILES string of the molecule is CCCC/C=C/c1cccc2c1CC(C)C2=O. The number of unbranched alkanes of at least 4 members (excludes halogenated alkanes) is 2. The molecule has 1 aromatic rings. The van der Waals surface area contributed by atoms with Gasteiger partial charge in [0.1, 0.15) is 0 Å². The molecule has 90 valence electrons. The molecule has 1 aliphatic carbocycles. The van der Waals surface area contributed by atoms with Gasteiger partial charge in [-0.1, -0.05) is 57.0 Å². The highest BCUT2D eigenvalue weighted by atomic mass is 16.1. The summed E-state index contributed by atoms with van der Waals surface area (Å²) in [6.45, 7) is 4.22. The number of fused-ring (bicyclic) bond motifs is 1. The smallest absolute Gasteiger partial charge is 0.166 e. The third-order valence-electron chi connectivity index (χ3n) is 3.46. The average Bonchev–Trinajstić information content (AvgIpc) is 2.62. The van der Waals surface area contributed by atoms with Gasteiger partial charge in [-0.25, -0.2) is 0 Å². The lowest BCUT2D eigenvalue weighted by atomic mass is 10.0. The van der Waals surface area contributed by atoms with Gasteiger partial charge in [-0.15, -0.1) is 0 Å². The van der Waals surface area contributed by atoms with Crippen molar-refractivity contribution in [3.8, 4) is 0 Å². The van der Waals surface area contributed by atoms with E-state index in [0.717, 1.165) is 18.4 Å². The Morgan fingerprint density at radius 2 is 2.24 bits per heavy atom. The predicted octanol–water partition coefficient (Wildman–Crippen LogP) is 4.26. The van der Waals surface area contributed by atoms with Gasteiger partial charge in [0.05, 0.1) is 0 Å². The minimum absolute atomic E-state index is 0.162. The van der Waals surface area contributed by atoms with Crippen LogP contribution < -0.4 is 0 Å². The van der Waals surface area contributed by atoms with E-state index in [1.807, 2.05) is 19.1 Å². The first-order chi connectivity index (χ1) is 8.24. The molecular weight excluding hydrogens is 208 g/mol. The number of allylic oxidation sites excluding steroid dienone is 1. The maximum Gasteiger partial charge on any atom is 0.166 e. The largest absolute Gasteiger partial charge is 0.294 e. The number of carbonyl (C=O) groups is 1. The van der Waals surface area contributed by atoms with Gasteiger partial charge in [0.25, 0.3) is 0 Å². The van der Waals surface area contributed by atoms with E-state index in [2.05, 4.69) is 25.1 Å². The summed E-state index contributed by atoms with van der Waals surface area (Å²) < 4.78 is 0. The number of carbonyl (C=O) groups excluding carboxylic acids is 1. The van der Waals surface area contributed by atoms with Crippen molar-refractivity contribution < 1.29 is 4.79 Å². The number of hydrogen-bond acceptors (Lipinski definition) is 1. The van der Waals surface area contributed by atoms with Crippen LogP contribution in [0.4, 0.5) is 0 Å². The molecule has 0 N–H and O–H groups in total. The Kier molecular flexibility index (Phi) is 3.78. The molecule has 2 rings (SSSR count). The van der Waals surface area contributed by atoms with E-state index >= 15 is 0 Å². The Hall–Kier alpha value is -1.37. The third-order valence-corrected chi connectivity index (χ3v) is 3.46. The van der Waals surface area contributed by atoms with Crippen molar-refractivity contribution in [2.75, 3.05) is 0 Å². The first-order valence-corrected chi connectivity index (χ1v) is 6.56. The molecule has 0 spiro atoms.